The third-order valence-corrected chi connectivity index (χ3v) is 5.73. The summed E-state index contributed by atoms with van der Waals surface area (Å²) >= 11 is 1.48. The zero-order valence-corrected chi connectivity index (χ0v) is 13.6. The first-order chi connectivity index (χ1) is 11.1. The van der Waals surface area contributed by atoms with Gasteiger partial charge in [0.15, 0.2) is 0 Å². The van der Waals surface area contributed by atoms with Gasteiger partial charge in [-0.2, -0.15) is 4.72 Å². The average Bonchev–Trinajstić information content (AvgIpc) is 3.08. The van der Waals surface area contributed by atoms with Gasteiger partial charge in [0.05, 0.1) is 10.9 Å². The maximum atomic E-state index is 13.0. The van der Waals surface area contributed by atoms with E-state index in [9.17, 15) is 12.8 Å². The molecule has 3 nitrogen and oxygen atoms in total. The van der Waals surface area contributed by atoms with Crippen molar-refractivity contribution >= 4 is 21.4 Å². The number of rotatable bonds is 5. The fourth-order valence-electron chi connectivity index (χ4n) is 2.23. The molecule has 23 heavy (non-hydrogen) atoms. The summed E-state index contributed by atoms with van der Waals surface area (Å²) in [6.45, 7) is 0. The van der Waals surface area contributed by atoms with Crippen LogP contribution < -0.4 is 4.72 Å². The topological polar surface area (TPSA) is 46.2 Å². The predicted molar refractivity (Wildman–Crippen MR) is 89.3 cm³/mol. The first-order valence-corrected chi connectivity index (χ1v) is 9.29. The van der Waals surface area contributed by atoms with E-state index in [2.05, 4.69) is 4.72 Å². The van der Waals surface area contributed by atoms with Crippen LogP contribution in [-0.2, 0) is 10.0 Å². The van der Waals surface area contributed by atoms with Gasteiger partial charge >= 0.3 is 0 Å². The van der Waals surface area contributed by atoms with Crippen molar-refractivity contribution in [1.82, 2.24) is 4.72 Å². The molecular formula is C17H14FNO2S2. The molecule has 0 saturated heterocycles. The van der Waals surface area contributed by atoms with Crippen molar-refractivity contribution in [3.63, 3.8) is 0 Å². The molecule has 1 unspecified atom stereocenters. The van der Waals surface area contributed by atoms with Gasteiger partial charge in [0, 0.05) is 4.88 Å². The molecule has 3 aromatic rings. The van der Waals surface area contributed by atoms with Gasteiger partial charge in [-0.05, 0) is 41.3 Å². The summed E-state index contributed by atoms with van der Waals surface area (Å²) in [7, 11) is -3.76. The normalized spacial score (nSPS) is 12.9. The van der Waals surface area contributed by atoms with E-state index in [-0.39, 0.29) is 4.90 Å². The highest BCUT2D eigenvalue weighted by molar-refractivity contribution is 7.89. The van der Waals surface area contributed by atoms with Crippen molar-refractivity contribution in [1.29, 1.82) is 0 Å². The molecule has 2 aromatic carbocycles. The van der Waals surface area contributed by atoms with Gasteiger partial charge in [0.2, 0.25) is 10.0 Å². The number of benzene rings is 2. The van der Waals surface area contributed by atoms with E-state index >= 15 is 0 Å². The van der Waals surface area contributed by atoms with Gasteiger partial charge in [-0.15, -0.1) is 11.3 Å². The zero-order valence-electron chi connectivity index (χ0n) is 12.0. The molecule has 118 valence electrons. The van der Waals surface area contributed by atoms with Gasteiger partial charge in [0.1, 0.15) is 5.82 Å². The monoisotopic (exact) mass is 347 g/mol. The number of hydrogen-bond donors (Lipinski definition) is 1. The van der Waals surface area contributed by atoms with Gasteiger partial charge in [0.25, 0.3) is 0 Å². The standard InChI is InChI=1S/C17H14FNO2S2/c18-14-8-10-15(11-9-14)23(20,21)19-17(16-7-4-12-22-16)13-5-2-1-3-6-13/h1-12,17,19H. The first kappa shape index (κ1) is 15.9. The Bertz CT molecular complexity index is 861. The molecule has 0 fully saturated rings. The number of nitrogens with one attached hydrogen (secondary N) is 1. The van der Waals surface area contributed by atoms with Gasteiger partial charge < -0.3 is 0 Å². The summed E-state index contributed by atoms with van der Waals surface area (Å²) in [5.41, 5.74) is 0.848. The lowest BCUT2D eigenvalue weighted by molar-refractivity contribution is 0.572. The molecular weight excluding hydrogens is 333 g/mol. The molecule has 0 bridgehead atoms. The van der Waals surface area contributed by atoms with E-state index in [4.69, 9.17) is 0 Å². The van der Waals surface area contributed by atoms with Crippen LogP contribution in [0.4, 0.5) is 4.39 Å². The fourth-order valence-corrected chi connectivity index (χ4v) is 4.31. The highest BCUT2D eigenvalue weighted by atomic mass is 32.2. The van der Waals surface area contributed by atoms with Crippen LogP contribution in [0.15, 0.2) is 77.0 Å². The summed E-state index contributed by atoms with van der Waals surface area (Å²) in [4.78, 5) is 0.929. The van der Waals surface area contributed by atoms with Crippen molar-refractivity contribution in [2.75, 3.05) is 0 Å². The van der Waals surface area contributed by atoms with Gasteiger partial charge in [-0.1, -0.05) is 36.4 Å². The first-order valence-electron chi connectivity index (χ1n) is 6.92. The van der Waals surface area contributed by atoms with E-state index in [0.29, 0.717) is 0 Å². The second kappa shape index (κ2) is 6.62. The van der Waals surface area contributed by atoms with Crippen molar-refractivity contribution in [3.05, 3.63) is 88.4 Å². The maximum Gasteiger partial charge on any atom is 0.241 e. The third kappa shape index (κ3) is 3.67. The Labute approximate surface area is 138 Å². The van der Waals surface area contributed by atoms with Crippen LogP contribution in [0.5, 0.6) is 0 Å². The van der Waals surface area contributed by atoms with E-state index in [1.54, 1.807) is 0 Å². The Balaban J connectivity index is 1.97. The van der Waals surface area contributed by atoms with Crippen molar-refractivity contribution in [3.8, 4) is 0 Å². The van der Waals surface area contributed by atoms with E-state index < -0.39 is 21.9 Å². The summed E-state index contributed by atoms with van der Waals surface area (Å²) in [6.07, 6.45) is 0. The van der Waals surface area contributed by atoms with Crippen molar-refractivity contribution in [2.45, 2.75) is 10.9 Å². The maximum absolute atomic E-state index is 13.0. The second-order valence-corrected chi connectivity index (χ2v) is 7.63. The Morgan fingerprint density at radius 3 is 2.22 bits per heavy atom. The number of sulfonamides is 1. The molecule has 0 saturated carbocycles. The minimum atomic E-state index is -3.76. The molecule has 1 atom stereocenters. The molecule has 0 aliphatic rings. The van der Waals surface area contributed by atoms with Crippen LogP contribution in [0.25, 0.3) is 0 Å². The molecule has 1 aromatic heterocycles. The van der Waals surface area contributed by atoms with Crippen molar-refractivity contribution in [2.24, 2.45) is 0 Å². The average molecular weight is 347 g/mol. The molecule has 0 aliphatic carbocycles. The lowest BCUT2D eigenvalue weighted by Gasteiger charge is -2.18. The SMILES string of the molecule is O=S(=O)(NC(c1ccccc1)c1cccs1)c1ccc(F)cc1. The summed E-state index contributed by atoms with van der Waals surface area (Å²) in [5, 5.41) is 1.90. The predicted octanol–water partition coefficient (Wildman–Crippen LogP) is 3.96. The highest BCUT2D eigenvalue weighted by Crippen LogP contribution is 2.27. The quantitative estimate of drug-likeness (QED) is 0.759. The summed E-state index contributed by atoms with van der Waals surface area (Å²) < 4.78 is 40.9. The fraction of sp³-hybridized carbons (Fsp3) is 0.0588. The Hall–Kier alpha value is -2.02. The molecule has 1 N–H and O–H groups in total. The smallest absolute Gasteiger partial charge is 0.207 e. The minimum absolute atomic E-state index is 0.0383. The highest BCUT2D eigenvalue weighted by Gasteiger charge is 2.23. The molecule has 0 amide bonds. The Kier molecular flexibility index (Phi) is 4.56. The van der Waals surface area contributed by atoms with Crippen LogP contribution in [0.2, 0.25) is 0 Å². The molecule has 0 spiro atoms. The number of halogens is 1. The van der Waals surface area contributed by atoms with Crippen LogP contribution in [0.1, 0.15) is 16.5 Å². The molecule has 0 radical (unpaired) electrons. The molecule has 0 aliphatic heterocycles. The van der Waals surface area contributed by atoms with Crippen LogP contribution >= 0.6 is 11.3 Å². The lowest BCUT2D eigenvalue weighted by atomic mass is 10.1. The van der Waals surface area contributed by atoms with Gasteiger partial charge in [-0.3, -0.25) is 0 Å². The second-order valence-electron chi connectivity index (χ2n) is 4.93. The molecule has 3 rings (SSSR count). The van der Waals surface area contributed by atoms with Crippen molar-refractivity contribution < 1.29 is 12.8 Å². The van der Waals surface area contributed by atoms with Crippen LogP contribution in [-0.4, -0.2) is 8.42 Å². The van der Waals surface area contributed by atoms with Gasteiger partial charge in [-0.25, -0.2) is 12.8 Å². The Morgan fingerprint density at radius 1 is 0.913 bits per heavy atom. The number of thiophene rings is 1. The summed E-state index contributed by atoms with van der Waals surface area (Å²) in [6, 6.07) is 17.4. The third-order valence-electron chi connectivity index (χ3n) is 3.36. The lowest BCUT2D eigenvalue weighted by Crippen LogP contribution is -2.29. The Morgan fingerprint density at radius 2 is 1.61 bits per heavy atom. The molecule has 1 heterocycles. The van der Waals surface area contributed by atoms with E-state index in [1.807, 2.05) is 47.8 Å². The minimum Gasteiger partial charge on any atom is -0.207 e. The van der Waals surface area contributed by atoms with E-state index in [1.165, 1.54) is 23.5 Å². The summed E-state index contributed by atoms with van der Waals surface area (Å²) in [5.74, 6) is -0.471. The largest absolute Gasteiger partial charge is 0.241 e. The van der Waals surface area contributed by atoms with Crippen LogP contribution in [0, 0.1) is 5.82 Å². The number of hydrogen-bond acceptors (Lipinski definition) is 3. The van der Waals surface area contributed by atoms with Crippen LogP contribution in [0.3, 0.4) is 0 Å². The molecule has 6 heteroatoms. The van der Waals surface area contributed by atoms with E-state index in [0.717, 1.165) is 22.6 Å². The zero-order chi connectivity index (χ0) is 16.3.